The normalized spacial score (nSPS) is 11.1. The van der Waals surface area contributed by atoms with Crippen LogP contribution in [0.5, 0.6) is 0 Å². The largest absolute Gasteiger partial charge is 0.382 e. The molecule has 2 rings (SSSR count). The first-order chi connectivity index (χ1) is 6.63. The van der Waals surface area contributed by atoms with Crippen LogP contribution in [-0.2, 0) is 6.54 Å². The van der Waals surface area contributed by atoms with Crippen molar-refractivity contribution in [3.63, 3.8) is 0 Å². The molecule has 0 aliphatic heterocycles. The fourth-order valence-electron chi connectivity index (χ4n) is 1.49. The molecule has 0 aliphatic carbocycles. The molecule has 0 amide bonds. The molecule has 1 heterocycles. The summed E-state index contributed by atoms with van der Waals surface area (Å²) in [6, 6.07) is 4.09. The SMILES string of the molecule is CCn1nc(N)c2c(I)cc(Br)cc21. The second kappa shape index (κ2) is 3.69. The van der Waals surface area contributed by atoms with Crippen LogP contribution in [0.3, 0.4) is 0 Å². The van der Waals surface area contributed by atoms with Gasteiger partial charge in [0, 0.05) is 14.6 Å². The lowest BCUT2D eigenvalue weighted by Crippen LogP contribution is -1.96. The van der Waals surface area contributed by atoms with E-state index in [0.717, 1.165) is 25.5 Å². The fraction of sp³-hybridized carbons (Fsp3) is 0.222. The number of anilines is 1. The number of nitrogens with zero attached hydrogens (tertiary/aromatic N) is 2. The molecule has 5 heteroatoms. The molecule has 2 aromatic rings. The molecule has 2 N–H and O–H groups in total. The number of rotatable bonds is 1. The number of benzene rings is 1. The van der Waals surface area contributed by atoms with Crippen LogP contribution in [0.4, 0.5) is 5.82 Å². The van der Waals surface area contributed by atoms with Crippen LogP contribution in [0, 0.1) is 3.57 Å². The van der Waals surface area contributed by atoms with Gasteiger partial charge in [0.05, 0.1) is 10.9 Å². The van der Waals surface area contributed by atoms with Crippen molar-refractivity contribution in [3.8, 4) is 0 Å². The molecule has 0 bridgehead atoms. The summed E-state index contributed by atoms with van der Waals surface area (Å²) in [5.41, 5.74) is 6.94. The summed E-state index contributed by atoms with van der Waals surface area (Å²) in [6.45, 7) is 2.89. The van der Waals surface area contributed by atoms with E-state index in [9.17, 15) is 0 Å². The van der Waals surface area contributed by atoms with Crippen LogP contribution >= 0.6 is 38.5 Å². The van der Waals surface area contributed by atoms with Crippen LogP contribution in [-0.4, -0.2) is 9.78 Å². The molecule has 0 aliphatic rings. The van der Waals surface area contributed by atoms with Gasteiger partial charge >= 0.3 is 0 Å². The molecule has 0 spiro atoms. The minimum atomic E-state index is 0.610. The summed E-state index contributed by atoms with van der Waals surface area (Å²) in [5, 5.41) is 5.33. The third-order valence-corrected chi connectivity index (χ3v) is 3.41. The first-order valence-corrected chi connectivity index (χ1v) is 6.11. The van der Waals surface area contributed by atoms with E-state index in [-0.39, 0.29) is 0 Å². The molecular weight excluding hydrogens is 357 g/mol. The number of aryl methyl sites for hydroxylation is 1. The molecule has 74 valence electrons. The molecule has 14 heavy (non-hydrogen) atoms. The quantitative estimate of drug-likeness (QED) is 0.789. The van der Waals surface area contributed by atoms with E-state index in [1.54, 1.807) is 0 Å². The van der Waals surface area contributed by atoms with Crippen LogP contribution in [0.2, 0.25) is 0 Å². The second-order valence-electron chi connectivity index (χ2n) is 2.98. The number of fused-ring (bicyclic) bond motifs is 1. The van der Waals surface area contributed by atoms with E-state index in [2.05, 4.69) is 50.5 Å². The summed E-state index contributed by atoms with van der Waals surface area (Å²) >= 11 is 5.74. The standard InChI is InChI=1S/C9H9BrIN3/c1-2-14-7-4-5(10)3-6(11)8(7)9(12)13-14/h3-4H,2H2,1H3,(H2,12,13). The number of nitrogen functional groups attached to an aromatic ring is 1. The van der Waals surface area contributed by atoms with Crippen LogP contribution in [0.1, 0.15) is 6.92 Å². The van der Waals surface area contributed by atoms with Gasteiger partial charge in [-0.3, -0.25) is 4.68 Å². The predicted octanol–water partition coefficient (Wildman–Crippen LogP) is 3.01. The number of aromatic nitrogens is 2. The Morgan fingerprint density at radius 1 is 1.57 bits per heavy atom. The number of halogens is 2. The average Bonchev–Trinajstić information content (AvgIpc) is 2.42. The number of hydrogen-bond acceptors (Lipinski definition) is 2. The summed E-state index contributed by atoms with van der Waals surface area (Å²) < 4.78 is 4.10. The molecular formula is C9H9BrIN3. The lowest BCUT2D eigenvalue weighted by atomic mass is 10.2. The monoisotopic (exact) mass is 365 g/mol. The fourth-order valence-corrected chi connectivity index (χ4v) is 3.25. The van der Waals surface area contributed by atoms with Crippen molar-refractivity contribution < 1.29 is 0 Å². The van der Waals surface area contributed by atoms with Crippen molar-refractivity contribution in [1.82, 2.24) is 9.78 Å². The third-order valence-electron chi connectivity index (χ3n) is 2.10. The minimum absolute atomic E-state index is 0.610. The molecule has 0 atom stereocenters. The Morgan fingerprint density at radius 2 is 2.29 bits per heavy atom. The number of hydrogen-bond donors (Lipinski definition) is 1. The van der Waals surface area contributed by atoms with Gasteiger partial charge in [-0.15, -0.1) is 0 Å². The van der Waals surface area contributed by atoms with Gasteiger partial charge in [0.2, 0.25) is 0 Å². The highest BCUT2D eigenvalue weighted by Crippen LogP contribution is 2.29. The van der Waals surface area contributed by atoms with E-state index >= 15 is 0 Å². The van der Waals surface area contributed by atoms with E-state index in [0.29, 0.717) is 5.82 Å². The first kappa shape index (κ1) is 10.2. The van der Waals surface area contributed by atoms with Crippen molar-refractivity contribution in [2.24, 2.45) is 0 Å². The Balaban J connectivity index is 2.89. The zero-order valence-electron chi connectivity index (χ0n) is 7.59. The molecule has 0 saturated heterocycles. The molecule has 0 unspecified atom stereocenters. The van der Waals surface area contributed by atoms with Gasteiger partial charge in [-0.1, -0.05) is 15.9 Å². The van der Waals surface area contributed by atoms with Gasteiger partial charge in [-0.2, -0.15) is 5.10 Å². The molecule has 0 radical (unpaired) electrons. The Kier molecular flexibility index (Phi) is 2.70. The van der Waals surface area contributed by atoms with E-state index < -0.39 is 0 Å². The van der Waals surface area contributed by atoms with Gasteiger partial charge < -0.3 is 5.73 Å². The van der Waals surface area contributed by atoms with E-state index in [1.807, 2.05) is 16.8 Å². The number of nitrogens with two attached hydrogens (primary N) is 1. The lowest BCUT2D eigenvalue weighted by Gasteiger charge is -1.99. The molecule has 3 nitrogen and oxygen atoms in total. The average molecular weight is 366 g/mol. The van der Waals surface area contributed by atoms with Gasteiger partial charge in [-0.05, 0) is 41.6 Å². The first-order valence-electron chi connectivity index (χ1n) is 4.24. The van der Waals surface area contributed by atoms with E-state index in [1.165, 1.54) is 0 Å². The maximum absolute atomic E-state index is 5.85. The Morgan fingerprint density at radius 3 is 2.93 bits per heavy atom. The topological polar surface area (TPSA) is 43.8 Å². The Hall–Kier alpha value is -0.300. The minimum Gasteiger partial charge on any atom is -0.382 e. The zero-order valence-corrected chi connectivity index (χ0v) is 11.3. The Bertz CT molecular complexity index is 492. The summed E-state index contributed by atoms with van der Waals surface area (Å²) in [6.07, 6.45) is 0. The Labute approximate surface area is 104 Å². The third kappa shape index (κ3) is 1.52. The highest BCUT2D eigenvalue weighted by molar-refractivity contribution is 14.1. The second-order valence-corrected chi connectivity index (χ2v) is 5.06. The summed E-state index contributed by atoms with van der Waals surface area (Å²) in [7, 11) is 0. The van der Waals surface area contributed by atoms with Crippen LogP contribution < -0.4 is 5.73 Å². The molecule has 0 fully saturated rings. The molecule has 1 aromatic carbocycles. The maximum Gasteiger partial charge on any atom is 0.154 e. The van der Waals surface area contributed by atoms with Crippen molar-refractivity contribution >= 4 is 55.2 Å². The highest BCUT2D eigenvalue weighted by Gasteiger charge is 2.10. The van der Waals surface area contributed by atoms with Gasteiger partial charge in [-0.25, -0.2) is 0 Å². The van der Waals surface area contributed by atoms with Crippen molar-refractivity contribution in [2.75, 3.05) is 5.73 Å². The maximum atomic E-state index is 5.85. The van der Waals surface area contributed by atoms with Gasteiger partial charge in [0.1, 0.15) is 0 Å². The zero-order chi connectivity index (χ0) is 10.3. The van der Waals surface area contributed by atoms with Crippen molar-refractivity contribution in [3.05, 3.63) is 20.2 Å². The van der Waals surface area contributed by atoms with Crippen LogP contribution in [0.15, 0.2) is 16.6 Å². The summed E-state index contributed by atoms with van der Waals surface area (Å²) in [4.78, 5) is 0. The highest BCUT2D eigenvalue weighted by atomic mass is 127. The van der Waals surface area contributed by atoms with Gasteiger partial charge in [0.25, 0.3) is 0 Å². The van der Waals surface area contributed by atoms with Gasteiger partial charge in [0.15, 0.2) is 5.82 Å². The lowest BCUT2D eigenvalue weighted by molar-refractivity contribution is 0.687. The van der Waals surface area contributed by atoms with Crippen LogP contribution in [0.25, 0.3) is 10.9 Å². The smallest absolute Gasteiger partial charge is 0.154 e. The van der Waals surface area contributed by atoms with E-state index in [4.69, 9.17) is 5.73 Å². The van der Waals surface area contributed by atoms with Crippen molar-refractivity contribution in [2.45, 2.75) is 13.5 Å². The van der Waals surface area contributed by atoms with Crippen molar-refractivity contribution in [1.29, 1.82) is 0 Å². The molecule has 1 aromatic heterocycles. The molecule has 0 saturated carbocycles. The summed E-state index contributed by atoms with van der Waals surface area (Å²) in [5.74, 6) is 0.610. The predicted molar refractivity (Wildman–Crippen MR) is 70.2 cm³/mol.